The van der Waals surface area contributed by atoms with Gasteiger partial charge in [-0.15, -0.1) is 0 Å². The molecule has 0 aliphatic heterocycles. The molecule has 1 amide bonds. The van der Waals surface area contributed by atoms with E-state index in [0.29, 0.717) is 6.07 Å². The number of carbonyl (C=O) groups excluding carboxylic acids is 2. The highest BCUT2D eigenvalue weighted by molar-refractivity contribution is 5.95. The monoisotopic (exact) mass is 287 g/mol. The molecule has 1 fully saturated rings. The smallest absolute Gasteiger partial charge is 0.309 e. The summed E-state index contributed by atoms with van der Waals surface area (Å²) in [7, 11) is 0. The van der Waals surface area contributed by atoms with Gasteiger partial charge < -0.3 is 10.1 Å². The molecule has 0 radical (unpaired) electrons. The highest BCUT2D eigenvalue weighted by Gasteiger charge is 2.33. The van der Waals surface area contributed by atoms with Crippen LogP contribution in [0.4, 0.5) is 18.9 Å². The standard InChI is InChI=1S/C13H12F3NO3/c1-6(20-13(19)7-2-3-7)12(18)17-9-5-4-8(14)10(15)11(9)16/h4-7H,2-3H2,1H3,(H,17,18)/t6-/m1/s1. The van der Waals surface area contributed by atoms with Crippen LogP contribution in [0.5, 0.6) is 0 Å². The van der Waals surface area contributed by atoms with Gasteiger partial charge in [0.25, 0.3) is 5.91 Å². The first-order chi connectivity index (χ1) is 9.40. The quantitative estimate of drug-likeness (QED) is 0.683. The Bertz CT molecular complexity index is 558. The van der Waals surface area contributed by atoms with E-state index >= 15 is 0 Å². The fourth-order valence-electron chi connectivity index (χ4n) is 1.50. The zero-order valence-corrected chi connectivity index (χ0v) is 10.6. The number of rotatable bonds is 4. The minimum atomic E-state index is -1.68. The van der Waals surface area contributed by atoms with E-state index in [4.69, 9.17) is 4.74 Å². The van der Waals surface area contributed by atoms with Gasteiger partial charge in [0.1, 0.15) is 0 Å². The van der Waals surface area contributed by atoms with Crippen molar-refractivity contribution >= 4 is 17.6 Å². The Morgan fingerprint density at radius 3 is 2.50 bits per heavy atom. The largest absolute Gasteiger partial charge is 0.452 e. The topological polar surface area (TPSA) is 55.4 Å². The number of amides is 1. The molecule has 1 aliphatic rings. The van der Waals surface area contributed by atoms with Crippen molar-refractivity contribution in [1.82, 2.24) is 0 Å². The molecule has 7 heteroatoms. The Hall–Kier alpha value is -2.05. The molecule has 0 bridgehead atoms. The first kappa shape index (κ1) is 14.4. The molecule has 0 aromatic heterocycles. The van der Waals surface area contributed by atoms with Crippen LogP contribution in [0.3, 0.4) is 0 Å². The highest BCUT2D eigenvalue weighted by atomic mass is 19.2. The van der Waals surface area contributed by atoms with Crippen LogP contribution in [0.25, 0.3) is 0 Å². The lowest BCUT2D eigenvalue weighted by Gasteiger charge is -2.13. The number of hydrogen-bond donors (Lipinski definition) is 1. The van der Waals surface area contributed by atoms with E-state index in [1.165, 1.54) is 6.92 Å². The first-order valence-corrected chi connectivity index (χ1v) is 6.05. The second kappa shape index (κ2) is 5.52. The van der Waals surface area contributed by atoms with Crippen molar-refractivity contribution in [2.75, 3.05) is 5.32 Å². The van der Waals surface area contributed by atoms with Crippen LogP contribution in [0.1, 0.15) is 19.8 Å². The van der Waals surface area contributed by atoms with Gasteiger partial charge in [-0.2, -0.15) is 0 Å². The number of anilines is 1. The third-order valence-corrected chi connectivity index (χ3v) is 2.87. The molecule has 2 rings (SSSR count). The normalized spacial score (nSPS) is 15.6. The predicted molar refractivity (Wildman–Crippen MR) is 63.2 cm³/mol. The minimum Gasteiger partial charge on any atom is -0.452 e. The Balaban J connectivity index is 2.00. The Morgan fingerprint density at radius 1 is 1.25 bits per heavy atom. The van der Waals surface area contributed by atoms with E-state index in [-0.39, 0.29) is 5.92 Å². The van der Waals surface area contributed by atoms with Crippen LogP contribution in [0.2, 0.25) is 0 Å². The van der Waals surface area contributed by atoms with Gasteiger partial charge in [-0.25, -0.2) is 13.2 Å². The van der Waals surface area contributed by atoms with Gasteiger partial charge in [0.15, 0.2) is 23.6 Å². The SMILES string of the molecule is C[C@@H](OC(=O)C1CC1)C(=O)Nc1ccc(F)c(F)c1F. The number of nitrogens with one attached hydrogen (secondary N) is 1. The fourth-order valence-corrected chi connectivity index (χ4v) is 1.50. The summed E-state index contributed by atoms with van der Waals surface area (Å²) in [5.41, 5.74) is -0.511. The van der Waals surface area contributed by atoms with E-state index in [1.807, 2.05) is 5.32 Å². The third kappa shape index (κ3) is 3.09. The summed E-state index contributed by atoms with van der Waals surface area (Å²) >= 11 is 0. The van der Waals surface area contributed by atoms with Gasteiger partial charge in [0.05, 0.1) is 11.6 Å². The zero-order valence-electron chi connectivity index (χ0n) is 10.6. The molecule has 1 N–H and O–H groups in total. The van der Waals surface area contributed by atoms with Crippen LogP contribution in [0, 0.1) is 23.4 Å². The summed E-state index contributed by atoms with van der Waals surface area (Å²) in [6, 6.07) is 1.58. The molecule has 4 nitrogen and oxygen atoms in total. The molecule has 108 valence electrons. The summed E-state index contributed by atoms with van der Waals surface area (Å²) in [5, 5.41) is 2.04. The van der Waals surface area contributed by atoms with E-state index in [9.17, 15) is 22.8 Å². The number of halogens is 3. The average Bonchev–Trinajstić information content (AvgIpc) is 3.23. The number of benzene rings is 1. The second-order valence-corrected chi connectivity index (χ2v) is 4.57. The molecular formula is C13H12F3NO3. The van der Waals surface area contributed by atoms with Crippen molar-refractivity contribution in [3.8, 4) is 0 Å². The van der Waals surface area contributed by atoms with Crippen LogP contribution in [-0.4, -0.2) is 18.0 Å². The van der Waals surface area contributed by atoms with Crippen molar-refractivity contribution < 1.29 is 27.5 Å². The van der Waals surface area contributed by atoms with Gasteiger partial charge in [0.2, 0.25) is 0 Å². The summed E-state index contributed by atoms with van der Waals surface area (Å²) < 4.78 is 43.9. The van der Waals surface area contributed by atoms with Gasteiger partial charge in [-0.3, -0.25) is 9.59 Å². The van der Waals surface area contributed by atoms with Gasteiger partial charge in [-0.05, 0) is 31.9 Å². The number of ether oxygens (including phenoxy) is 1. The summed E-state index contributed by atoms with van der Waals surface area (Å²) in [4.78, 5) is 23.0. The molecule has 1 saturated carbocycles. The molecule has 0 saturated heterocycles. The summed E-state index contributed by atoms with van der Waals surface area (Å²) in [6.45, 7) is 1.31. The summed E-state index contributed by atoms with van der Waals surface area (Å²) in [5.74, 6) is -6.01. The third-order valence-electron chi connectivity index (χ3n) is 2.87. The molecule has 20 heavy (non-hydrogen) atoms. The number of esters is 1. The summed E-state index contributed by atoms with van der Waals surface area (Å²) in [6.07, 6.45) is 0.311. The van der Waals surface area contributed by atoms with Crippen molar-refractivity contribution in [2.24, 2.45) is 5.92 Å². The van der Waals surface area contributed by atoms with E-state index in [0.717, 1.165) is 18.9 Å². The van der Waals surface area contributed by atoms with Crippen LogP contribution in [0.15, 0.2) is 12.1 Å². The Kier molecular flexibility index (Phi) is 3.96. The fraction of sp³-hybridized carbons (Fsp3) is 0.385. The second-order valence-electron chi connectivity index (χ2n) is 4.57. The van der Waals surface area contributed by atoms with Crippen molar-refractivity contribution in [3.05, 3.63) is 29.6 Å². The zero-order chi connectivity index (χ0) is 14.9. The maximum absolute atomic E-state index is 13.3. The molecular weight excluding hydrogens is 275 g/mol. The van der Waals surface area contributed by atoms with Crippen molar-refractivity contribution in [3.63, 3.8) is 0 Å². The number of carbonyl (C=O) groups is 2. The highest BCUT2D eigenvalue weighted by Crippen LogP contribution is 2.30. The van der Waals surface area contributed by atoms with E-state index in [2.05, 4.69) is 0 Å². The lowest BCUT2D eigenvalue weighted by atomic mass is 10.2. The Morgan fingerprint density at radius 2 is 1.90 bits per heavy atom. The lowest BCUT2D eigenvalue weighted by molar-refractivity contribution is -0.154. The average molecular weight is 287 g/mol. The minimum absolute atomic E-state index is 0.176. The maximum Gasteiger partial charge on any atom is 0.309 e. The molecule has 1 aromatic rings. The molecule has 0 spiro atoms. The van der Waals surface area contributed by atoms with Crippen molar-refractivity contribution in [2.45, 2.75) is 25.9 Å². The van der Waals surface area contributed by atoms with Crippen molar-refractivity contribution in [1.29, 1.82) is 0 Å². The molecule has 1 atom stereocenters. The molecule has 0 unspecified atom stereocenters. The number of hydrogen-bond acceptors (Lipinski definition) is 3. The molecule has 1 aromatic carbocycles. The van der Waals surface area contributed by atoms with Gasteiger partial charge >= 0.3 is 5.97 Å². The Labute approximate surface area is 112 Å². The van der Waals surface area contributed by atoms with Crippen LogP contribution < -0.4 is 5.32 Å². The predicted octanol–water partition coefficient (Wildman–Crippen LogP) is 2.38. The van der Waals surface area contributed by atoms with E-state index in [1.54, 1.807) is 0 Å². The molecule has 0 heterocycles. The first-order valence-electron chi connectivity index (χ1n) is 6.05. The maximum atomic E-state index is 13.3. The lowest BCUT2D eigenvalue weighted by Crippen LogP contribution is -2.30. The van der Waals surface area contributed by atoms with E-state index < -0.39 is 41.1 Å². The molecule has 1 aliphatic carbocycles. The van der Waals surface area contributed by atoms with Crippen LogP contribution in [-0.2, 0) is 14.3 Å². The van der Waals surface area contributed by atoms with Gasteiger partial charge in [-0.1, -0.05) is 0 Å². The van der Waals surface area contributed by atoms with Crippen LogP contribution >= 0.6 is 0 Å². The van der Waals surface area contributed by atoms with Gasteiger partial charge in [0, 0.05) is 0 Å².